The molecule has 0 aliphatic carbocycles. The van der Waals surface area contributed by atoms with Crippen molar-refractivity contribution < 1.29 is 4.79 Å². The second-order valence-corrected chi connectivity index (χ2v) is 6.60. The van der Waals surface area contributed by atoms with Crippen LogP contribution in [0, 0.1) is 11.8 Å². The molecule has 1 aliphatic heterocycles. The molecular formula is C17H25ClN2O. The molecule has 1 aromatic carbocycles. The molecule has 1 atom stereocenters. The lowest BCUT2D eigenvalue weighted by atomic mass is 9.95. The number of carbonyl (C=O) groups excluding carboxylic acids is 1. The average molecular weight is 309 g/mol. The van der Waals surface area contributed by atoms with Gasteiger partial charge in [-0.1, -0.05) is 32.4 Å². The quantitative estimate of drug-likeness (QED) is 0.880. The fourth-order valence-electron chi connectivity index (χ4n) is 2.79. The summed E-state index contributed by atoms with van der Waals surface area (Å²) >= 11 is 6.08. The van der Waals surface area contributed by atoms with Gasteiger partial charge < -0.3 is 10.2 Å². The summed E-state index contributed by atoms with van der Waals surface area (Å²) in [5, 5.41) is 3.93. The summed E-state index contributed by atoms with van der Waals surface area (Å²) < 4.78 is 0. The van der Waals surface area contributed by atoms with E-state index in [1.54, 1.807) is 6.07 Å². The lowest BCUT2D eigenvalue weighted by Gasteiger charge is -2.20. The number of likely N-dealkylation sites (tertiary alicyclic amines) is 1. The zero-order chi connectivity index (χ0) is 15.4. The summed E-state index contributed by atoms with van der Waals surface area (Å²) in [5.74, 6) is 1.33. The van der Waals surface area contributed by atoms with Crippen molar-refractivity contribution in [1.29, 1.82) is 0 Å². The highest BCUT2D eigenvalue weighted by atomic mass is 35.5. The Morgan fingerprint density at radius 2 is 2.24 bits per heavy atom. The van der Waals surface area contributed by atoms with E-state index in [0.29, 0.717) is 22.4 Å². The van der Waals surface area contributed by atoms with Crippen LogP contribution in [0.4, 0.5) is 5.69 Å². The van der Waals surface area contributed by atoms with Gasteiger partial charge in [0.15, 0.2) is 0 Å². The first-order valence-corrected chi connectivity index (χ1v) is 8.23. The van der Waals surface area contributed by atoms with Gasteiger partial charge >= 0.3 is 0 Å². The van der Waals surface area contributed by atoms with E-state index in [1.807, 2.05) is 17.0 Å². The van der Waals surface area contributed by atoms with Gasteiger partial charge in [-0.05, 0) is 42.9 Å². The maximum Gasteiger partial charge on any atom is 0.256 e. The van der Waals surface area contributed by atoms with Crippen molar-refractivity contribution in [2.75, 3.05) is 25.0 Å². The van der Waals surface area contributed by atoms with Crippen LogP contribution in [0.25, 0.3) is 0 Å². The van der Waals surface area contributed by atoms with Crippen molar-refractivity contribution in [3.05, 3.63) is 28.8 Å². The fourth-order valence-corrected chi connectivity index (χ4v) is 2.97. The first-order valence-electron chi connectivity index (χ1n) is 7.85. The molecule has 0 radical (unpaired) electrons. The van der Waals surface area contributed by atoms with Crippen molar-refractivity contribution in [2.45, 2.75) is 33.6 Å². The summed E-state index contributed by atoms with van der Waals surface area (Å²) in [7, 11) is 0. The van der Waals surface area contributed by atoms with Gasteiger partial charge in [0.2, 0.25) is 0 Å². The van der Waals surface area contributed by atoms with Crippen molar-refractivity contribution in [2.24, 2.45) is 11.8 Å². The second-order valence-electron chi connectivity index (χ2n) is 6.16. The minimum Gasteiger partial charge on any atom is -0.384 e. The van der Waals surface area contributed by atoms with Gasteiger partial charge in [-0.3, -0.25) is 4.79 Å². The lowest BCUT2D eigenvalue weighted by molar-refractivity contribution is 0.0785. The molecule has 3 nitrogen and oxygen atoms in total. The highest BCUT2D eigenvalue weighted by molar-refractivity contribution is 6.31. The number of benzene rings is 1. The van der Waals surface area contributed by atoms with Gasteiger partial charge in [0.1, 0.15) is 0 Å². The maximum atomic E-state index is 12.8. The zero-order valence-electron chi connectivity index (χ0n) is 13.2. The smallest absolute Gasteiger partial charge is 0.256 e. The van der Waals surface area contributed by atoms with Gasteiger partial charge in [-0.15, -0.1) is 0 Å². The molecule has 0 bridgehead atoms. The summed E-state index contributed by atoms with van der Waals surface area (Å²) in [6, 6.07) is 5.52. The summed E-state index contributed by atoms with van der Waals surface area (Å²) in [6.07, 6.45) is 2.12. The predicted octanol–water partition coefficient (Wildman–Crippen LogP) is 4.28. The monoisotopic (exact) mass is 308 g/mol. The van der Waals surface area contributed by atoms with Gasteiger partial charge in [0.25, 0.3) is 5.91 Å². The molecule has 1 N–H and O–H groups in total. The van der Waals surface area contributed by atoms with Gasteiger partial charge in [0, 0.05) is 30.3 Å². The molecule has 0 saturated carbocycles. The largest absolute Gasteiger partial charge is 0.384 e. The molecule has 1 aliphatic rings. The Hall–Kier alpha value is -1.22. The van der Waals surface area contributed by atoms with E-state index >= 15 is 0 Å². The molecule has 4 heteroatoms. The molecule has 1 heterocycles. The van der Waals surface area contributed by atoms with Crippen molar-refractivity contribution in [3.63, 3.8) is 0 Å². The number of nitrogens with zero attached hydrogens (tertiary/aromatic N) is 1. The summed E-state index contributed by atoms with van der Waals surface area (Å²) in [6.45, 7) is 9.13. The minimum absolute atomic E-state index is 0.0965. The third kappa shape index (κ3) is 3.91. The Kier molecular flexibility index (Phi) is 5.51. The van der Waals surface area contributed by atoms with Crippen molar-refractivity contribution >= 4 is 23.2 Å². The Morgan fingerprint density at radius 3 is 2.86 bits per heavy atom. The van der Waals surface area contributed by atoms with Gasteiger partial charge in [-0.25, -0.2) is 0 Å². The number of hydrogen-bond donors (Lipinski definition) is 1. The Balaban J connectivity index is 2.16. The zero-order valence-corrected chi connectivity index (χ0v) is 13.9. The Morgan fingerprint density at radius 1 is 1.48 bits per heavy atom. The van der Waals surface area contributed by atoms with Crippen LogP contribution >= 0.6 is 11.6 Å². The molecule has 21 heavy (non-hydrogen) atoms. The average Bonchev–Trinajstić information content (AvgIpc) is 2.95. The molecule has 1 saturated heterocycles. The van der Waals surface area contributed by atoms with E-state index in [-0.39, 0.29) is 5.91 Å². The number of anilines is 1. The van der Waals surface area contributed by atoms with Gasteiger partial charge in [0.05, 0.1) is 5.56 Å². The number of hydrogen-bond acceptors (Lipinski definition) is 2. The fraction of sp³-hybridized carbons (Fsp3) is 0.588. The molecule has 116 valence electrons. The van der Waals surface area contributed by atoms with Crippen molar-refractivity contribution in [1.82, 2.24) is 4.90 Å². The van der Waals surface area contributed by atoms with Crippen LogP contribution in [0.15, 0.2) is 18.2 Å². The number of nitrogens with one attached hydrogen (secondary N) is 1. The van der Waals surface area contributed by atoms with E-state index in [0.717, 1.165) is 38.2 Å². The van der Waals surface area contributed by atoms with E-state index < -0.39 is 0 Å². The van der Waals surface area contributed by atoms with Crippen LogP contribution in [-0.4, -0.2) is 30.4 Å². The van der Waals surface area contributed by atoms with Crippen LogP contribution in [0.2, 0.25) is 5.02 Å². The second kappa shape index (κ2) is 7.17. The third-order valence-corrected chi connectivity index (χ3v) is 4.47. The normalized spacial score (nSPS) is 18.3. The van der Waals surface area contributed by atoms with Crippen molar-refractivity contribution in [3.8, 4) is 0 Å². The molecule has 1 fully saturated rings. The summed E-state index contributed by atoms with van der Waals surface area (Å²) in [4.78, 5) is 14.7. The molecule has 0 spiro atoms. The first kappa shape index (κ1) is 16.2. The van der Waals surface area contributed by atoms with E-state index in [4.69, 9.17) is 11.6 Å². The van der Waals surface area contributed by atoms with Crippen LogP contribution in [0.1, 0.15) is 44.0 Å². The maximum absolute atomic E-state index is 12.8. The SMILES string of the molecule is CCCNc1ccc(Cl)cc1C(=O)N1CCC(C(C)C)C1. The van der Waals surface area contributed by atoms with E-state index in [9.17, 15) is 4.79 Å². The Bertz CT molecular complexity index is 502. The van der Waals surface area contributed by atoms with Crippen LogP contribution < -0.4 is 5.32 Å². The topological polar surface area (TPSA) is 32.3 Å². The predicted molar refractivity (Wildman–Crippen MR) is 89.1 cm³/mol. The first-order chi connectivity index (χ1) is 10.0. The molecule has 1 unspecified atom stereocenters. The van der Waals surface area contributed by atoms with Crippen LogP contribution in [-0.2, 0) is 0 Å². The molecule has 1 amide bonds. The number of halogens is 1. The highest BCUT2D eigenvalue weighted by Crippen LogP contribution is 2.28. The van der Waals surface area contributed by atoms with Crippen LogP contribution in [0.3, 0.4) is 0 Å². The third-order valence-electron chi connectivity index (χ3n) is 4.23. The number of amides is 1. The van der Waals surface area contributed by atoms with Gasteiger partial charge in [-0.2, -0.15) is 0 Å². The number of carbonyl (C=O) groups is 1. The highest BCUT2D eigenvalue weighted by Gasteiger charge is 2.29. The molecular weight excluding hydrogens is 284 g/mol. The molecule has 0 aromatic heterocycles. The lowest BCUT2D eigenvalue weighted by Crippen LogP contribution is -2.30. The molecule has 2 rings (SSSR count). The number of rotatable bonds is 5. The van der Waals surface area contributed by atoms with E-state index in [2.05, 4.69) is 26.1 Å². The molecule has 1 aromatic rings. The van der Waals surface area contributed by atoms with Crippen LogP contribution in [0.5, 0.6) is 0 Å². The minimum atomic E-state index is 0.0965. The van der Waals surface area contributed by atoms with E-state index in [1.165, 1.54) is 0 Å². The standard InChI is InChI=1S/C17H25ClN2O/c1-4-8-19-16-6-5-14(18)10-15(16)17(21)20-9-7-13(11-20)12(2)3/h5-6,10,12-13,19H,4,7-9,11H2,1-3H3. The summed E-state index contributed by atoms with van der Waals surface area (Å²) in [5.41, 5.74) is 1.58. The Labute approximate surface area is 132 Å².